The quantitative estimate of drug-likeness (QED) is 0.640. The number of nitrogens with one attached hydrogen (secondary N) is 1. The van der Waals surface area contributed by atoms with Gasteiger partial charge in [0.2, 0.25) is 0 Å². The molecule has 1 N–H and O–H groups in total. The van der Waals surface area contributed by atoms with Gasteiger partial charge < -0.3 is 15.0 Å². The molecule has 1 aliphatic rings. The van der Waals surface area contributed by atoms with Gasteiger partial charge >= 0.3 is 0 Å². The minimum atomic E-state index is 0.752. The molecule has 1 heterocycles. The van der Waals surface area contributed by atoms with Crippen LogP contribution in [-0.2, 0) is 13.1 Å². The molecule has 0 aromatic heterocycles. The molecular weight excluding hydrogens is 358 g/mol. The third kappa shape index (κ3) is 5.09. The number of para-hydroxylation sites is 1. The zero-order chi connectivity index (χ0) is 19.9. The predicted octanol–water partition coefficient (Wildman–Crippen LogP) is 4.63. The van der Waals surface area contributed by atoms with E-state index in [9.17, 15) is 0 Å². The lowest BCUT2D eigenvalue weighted by Gasteiger charge is -2.36. The zero-order valence-corrected chi connectivity index (χ0v) is 17.1. The Kier molecular flexibility index (Phi) is 6.32. The van der Waals surface area contributed by atoms with Crippen LogP contribution in [0.2, 0.25) is 0 Å². The van der Waals surface area contributed by atoms with E-state index in [0.717, 1.165) is 56.3 Å². The van der Waals surface area contributed by atoms with Crippen molar-refractivity contribution in [3.05, 3.63) is 90.0 Å². The molecule has 0 aliphatic carbocycles. The first-order chi connectivity index (χ1) is 14.3. The van der Waals surface area contributed by atoms with E-state index in [1.165, 1.54) is 11.3 Å². The number of piperazine rings is 1. The number of hydrogen-bond acceptors (Lipinski definition) is 4. The van der Waals surface area contributed by atoms with Crippen LogP contribution in [0, 0.1) is 0 Å². The highest BCUT2D eigenvalue weighted by molar-refractivity contribution is 5.55. The topological polar surface area (TPSA) is 27.7 Å². The van der Waals surface area contributed by atoms with Crippen LogP contribution in [-0.4, -0.2) is 38.2 Å². The maximum absolute atomic E-state index is 5.43. The van der Waals surface area contributed by atoms with Crippen molar-refractivity contribution in [2.75, 3.05) is 43.5 Å². The molecule has 0 unspecified atom stereocenters. The predicted molar refractivity (Wildman–Crippen MR) is 121 cm³/mol. The molecule has 0 bridgehead atoms. The van der Waals surface area contributed by atoms with Crippen LogP contribution < -0.4 is 15.0 Å². The van der Waals surface area contributed by atoms with Crippen LogP contribution in [0.3, 0.4) is 0 Å². The first kappa shape index (κ1) is 19.3. The Morgan fingerprint density at radius 1 is 0.793 bits per heavy atom. The summed E-state index contributed by atoms with van der Waals surface area (Å²) in [5.74, 6) is 0.921. The summed E-state index contributed by atoms with van der Waals surface area (Å²) in [6.07, 6.45) is 0. The number of nitrogens with zero attached hydrogens (tertiary/aromatic N) is 2. The minimum absolute atomic E-state index is 0.752. The summed E-state index contributed by atoms with van der Waals surface area (Å²) in [7, 11) is 1.72. The van der Waals surface area contributed by atoms with E-state index in [1.54, 1.807) is 7.11 Å². The molecule has 4 rings (SSSR count). The van der Waals surface area contributed by atoms with Crippen LogP contribution >= 0.6 is 0 Å². The molecular formula is C25H29N3O. The summed E-state index contributed by atoms with van der Waals surface area (Å²) >= 11 is 0. The van der Waals surface area contributed by atoms with E-state index in [1.807, 2.05) is 18.2 Å². The van der Waals surface area contributed by atoms with Gasteiger partial charge in [-0.2, -0.15) is 0 Å². The SMILES string of the molecule is COc1ccccc1CNc1ccc(N2CCN(Cc3ccccc3)CC2)cc1. The molecule has 1 aliphatic heterocycles. The van der Waals surface area contributed by atoms with E-state index in [0.29, 0.717) is 0 Å². The van der Waals surface area contributed by atoms with Gasteiger partial charge in [0.25, 0.3) is 0 Å². The Labute approximate surface area is 173 Å². The lowest BCUT2D eigenvalue weighted by molar-refractivity contribution is 0.250. The van der Waals surface area contributed by atoms with Crippen LogP contribution in [0.1, 0.15) is 11.1 Å². The van der Waals surface area contributed by atoms with E-state index < -0.39 is 0 Å². The van der Waals surface area contributed by atoms with Gasteiger partial charge in [0.15, 0.2) is 0 Å². The lowest BCUT2D eigenvalue weighted by Crippen LogP contribution is -2.45. The minimum Gasteiger partial charge on any atom is -0.496 e. The molecule has 0 amide bonds. The second kappa shape index (κ2) is 9.48. The summed E-state index contributed by atoms with van der Waals surface area (Å²) in [5, 5.41) is 3.49. The van der Waals surface area contributed by atoms with E-state index in [2.05, 4.69) is 75.8 Å². The maximum Gasteiger partial charge on any atom is 0.123 e. The standard InChI is InChI=1S/C25H29N3O/c1-29-25-10-6-5-9-22(25)19-26-23-11-13-24(14-12-23)28-17-15-27(16-18-28)20-21-7-3-2-4-8-21/h2-14,26H,15-20H2,1H3. The smallest absolute Gasteiger partial charge is 0.123 e. The Bertz CT molecular complexity index is 887. The van der Waals surface area contributed by atoms with Gasteiger partial charge in [0, 0.05) is 56.2 Å². The highest BCUT2D eigenvalue weighted by Crippen LogP contribution is 2.22. The lowest BCUT2D eigenvalue weighted by atomic mass is 10.1. The van der Waals surface area contributed by atoms with E-state index >= 15 is 0 Å². The van der Waals surface area contributed by atoms with Gasteiger partial charge in [0.05, 0.1) is 7.11 Å². The number of ether oxygens (including phenoxy) is 1. The Morgan fingerprint density at radius 2 is 1.48 bits per heavy atom. The molecule has 150 valence electrons. The van der Waals surface area contributed by atoms with Gasteiger partial charge in [-0.05, 0) is 35.9 Å². The molecule has 0 spiro atoms. The average molecular weight is 388 g/mol. The number of anilines is 2. The summed E-state index contributed by atoms with van der Waals surface area (Å²) < 4.78 is 5.43. The monoisotopic (exact) mass is 387 g/mol. The largest absolute Gasteiger partial charge is 0.496 e. The number of rotatable bonds is 7. The Balaban J connectivity index is 1.28. The zero-order valence-electron chi connectivity index (χ0n) is 17.1. The molecule has 4 heteroatoms. The highest BCUT2D eigenvalue weighted by atomic mass is 16.5. The van der Waals surface area contributed by atoms with Gasteiger partial charge in [-0.1, -0.05) is 48.5 Å². The molecule has 1 saturated heterocycles. The molecule has 4 nitrogen and oxygen atoms in total. The second-order valence-electron chi connectivity index (χ2n) is 7.46. The molecule has 3 aromatic rings. The third-order valence-electron chi connectivity index (χ3n) is 5.53. The van der Waals surface area contributed by atoms with Crippen molar-refractivity contribution in [1.29, 1.82) is 0 Å². The van der Waals surface area contributed by atoms with Crippen LogP contribution in [0.15, 0.2) is 78.9 Å². The first-order valence-corrected chi connectivity index (χ1v) is 10.3. The maximum atomic E-state index is 5.43. The average Bonchev–Trinajstić information content (AvgIpc) is 2.79. The van der Waals surface area contributed by atoms with Crippen molar-refractivity contribution in [3.63, 3.8) is 0 Å². The van der Waals surface area contributed by atoms with E-state index in [-0.39, 0.29) is 0 Å². The molecule has 0 saturated carbocycles. The normalized spacial score (nSPS) is 14.6. The van der Waals surface area contributed by atoms with Gasteiger partial charge in [-0.15, -0.1) is 0 Å². The third-order valence-corrected chi connectivity index (χ3v) is 5.53. The Hall–Kier alpha value is -2.98. The molecule has 0 atom stereocenters. The number of methoxy groups -OCH3 is 1. The summed E-state index contributed by atoms with van der Waals surface area (Å²) in [6, 6.07) is 27.6. The van der Waals surface area contributed by atoms with Crippen LogP contribution in [0.25, 0.3) is 0 Å². The van der Waals surface area contributed by atoms with Gasteiger partial charge in [0.1, 0.15) is 5.75 Å². The highest BCUT2D eigenvalue weighted by Gasteiger charge is 2.17. The van der Waals surface area contributed by atoms with Crippen molar-refractivity contribution in [3.8, 4) is 5.75 Å². The molecule has 1 fully saturated rings. The van der Waals surface area contributed by atoms with Gasteiger partial charge in [-0.25, -0.2) is 0 Å². The fourth-order valence-corrected chi connectivity index (χ4v) is 3.84. The molecule has 0 radical (unpaired) electrons. The fraction of sp³-hybridized carbons (Fsp3) is 0.280. The number of hydrogen-bond donors (Lipinski definition) is 1. The number of benzene rings is 3. The van der Waals surface area contributed by atoms with Crippen molar-refractivity contribution < 1.29 is 4.74 Å². The van der Waals surface area contributed by atoms with Crippen molar-refractivity contribution in [2.24, 2.45) is 0 Å². The molecule has 29 heavy (non-hydrogen) atoms. The second-order valence-corrected chi connectivity index (χ2v) is 7.46. The van der Waals surface area contributed by atoms with Crippen LogP contribution in [0.4, 0.5) is 11.4 Å². The Morgan fingerprint density at radius 3 is 2.21 bits per heavy atom. The summed E-state index contributed by atoms with van der Waals surface area (Å²) in [4.78, 5) is 5.01. The van der Waals surface area contributed by atoms with Crippen molar-refractivity contribution >= 4 is 11.4 Å². The van der Waals surface area contributed by atoms with E-state index in [4.69, 9.17) is 4.74 Å². The first-order valence-electron chi connectivity index (χ1n) is 10.3. The van der Waals surface area contributed by atoms with Crippen molar-refractivity contribution in [1.82, 2.24) is 4.90 Å². The van der Waals surface area contributed by atoms with Gasteiger partial charge in [-0.3, -0.25) is 4.90 Å². The molecule has 3 aromatic carbocycles. The van der Waals surface area contributed by atoms with Crippen molar-refractivity contribution in [2.45, 2.75) is 13.1 Å². The fourth-order valence-electron chi connectivity index (χ4n) is 3.84. The van der Waals surface area contributed by atoms with Crippen LogP contribution in [0.5, 0.6) is 5.75 Å². The summed E-state index contributed by atoms with van der Waals surface area (Å²) in [6.45, 7) is 6.13. The summed E-state index contributed by atoms with van der Waals surface area (Å²) in [5.41, 5.74) is 4.98.